The number of morpholine rings is 1. The molecule has 3 heterocycles. The van der Waals surface area contributed by atoms with Crippen LogP contribution in [0.3, 0.4) is 0 Å². The number of aromatic nitrogens is 1. The van der Waals surface area contributed by atoms with E-state index in [0.29, 0.717) is 12.1 Å². The SMILES string of the molecule is Brc1ccc(CN2C[C@@H]3C[C@H]2CO3)cn1. The van der Waals surface area contributed by atoms with Crippen molar-refractivity contribution >= 4 is 15.9 Å². The van der Waals surface area contributed by atoms with Crippen molar-refractivity contribution in [2.75, 3.05) is 13.2 Å². The minimum Gasteiger partial charge on any atom is -0.375 e. The molecule has 0 amide bonds. The van der Waals surface area contributed by atoms with E-state index in [2.05, 4.69) is 31.9 Å². The molecule has 2 fully saturated rings. The molecule has 2 aliphatic rings. The first kappa shape index (κ1) is 9.75. The van der Waals surface area contributed by atoms with Crippen LogP contribution in [0.25, 0.3) is 0 Å². The normalized spacial score (nSPS) is 29.9. The summed E-state index contributed by atoms with van der Waals surface area (Å²) in [6.45, 7) is 3.00. The van der Waals surface area contributed by atoms with Gasteiger partial charge in [0.05, 0.1) is 12.7 Å². The van der Waals surface area contributed by atoms with Gasteiger partial charge in [-0.3, -0.25) is 4.90 Å². The van der Waals surface area contributed by atoms with Crippen LogP contribution in [-0.2, 0) is 11.3 Å². The lowest BCUT2D eigenvalue weighted by Gasteiger charge is -2.26. The minimum atomic E-state index is 0.485. The van der Waals surface area contributed by atoms with Crippen molar-refractivity contribution in [2.45, 2.75) is 25.1 Å². The molecule has 2 saturated heterocycles. The summed E-state index contributed by atoms with van der Waals surface area (Å²) in [6.07, 6.45) is 3.64. The predicted octanol–water partition coefficient (Wildman–Crippen LogP) is 1.82. The molecule has 80 valence electrons. The Hall–Kier alpha value is -0.450. The largest absolute Gasteiger partial charge is 0.375 e. The molecule has 2 aliphatic heterocycles. The summed E-state index contributed by atoms with van der Waals surface area (Å²) in [7, 11) is 0. The molecule has 1 aromatic rings. The lowest BCUT2D eigenvalue weighted by atomic mass is 10.2. The molecular weight excluding hydrogens is 256 g/mol. The van der Waals surface area contributed by atoms with Crippen molar-refractivity contribution < 1.29 is 4.74 Å². The van der Waals surface area contributed by atoms with Crippen LogP contribution >= 0.6 is 15.9 Å². The van der Waals surface area contributed by atoms with E-state index >= 15 is 0 Å². The maximum atomic E-state index is 5.57. The molecule has 3 rings (SSSR count). The third kappa shape index (κ3) is 1.94. The summed E-state index contributed by atoms with van der Waals surface area (Å²) in [4.78, 5) is 6.74. The van der Waals surface area contributed by atoms with E-state index in [1.54, 1.807) is 0 Å². The van der Waals surface area contributed by atoms with Crippen molar-refractivity contribution in [2.24, 2.45) is 0 Å². The van der Waals surface area contributed by atoms with Crippen LogP contribution in [0.5, 0.6) is 0 Å². The van der Waals surface area contributed by atoms with E-state index in [0.717, 1.165) is 24.3 Å². The maximum Gasteiger partial charge on any atom is 0.106 e. The summed E-state index contributed by atoms with van der Waals surface area (Å²) in [5.41, 5.74) is 1.28. The van der Waals surface area contributed by atoms with Gasteiger partial charge in [-0.2, -0.15) is 0 Å². The highest BCUT2D eigenvalue weighted by Gasteiger charge is 2.38. The molecule has 0 aliphatic carbocycles. The smallest absolute Gasteiger partial charge is 0.106 e. The van der Waals surface area contributed by atoms with Crippen LogP contribution in [0, 0.1) is 0 Å². The standard InChI is InChI=1S/C11H13BrN2O/c12-11-2-1-8(4-13-11)5-14-6-10-3-9(14)7-15-10/h1-2,4,9-10H,3,5-7H2/t9-,10-/m0/s1. The highest BCUT2D eigenvalue weighted by atomic mass is 79.9. The Morgan fingerprint density at radius 3 is 3.07 bits per heavy atom. The van der Waals surface area contributed by atoms with Crippen LogP contribution in [0.15, 0.2) is 22.9 Å². The Bertz CT molecular complexity index is 354. The second-order valence-corrected chi connectivity index (χ2v) is 5.08. The number of halogens is 1. The van der Waals surface area contributed by atoms with Gasteiger partial charge >= 0.3 is 0 Å². The minimum absolute atomic E-state index is 0.485. The first-order valence-electron chi connectivity index (χ1n) is 5.27. The molecule has 4 heteroatoms. The van der Waals surface area contributed by atoms with E-state index in [1.165, 1.54) is 12.0 Å². The predicted molar refractivity (Wildman–Crippen MR) is 60.5 cm³/mol. The van der Waals surface area contributed by atoms with Crippen molar-refractivity contribution in [3.05, 3.63) is 28.5 Å². The van der Waals surface area contributed by atoms with E-state index in [4.69, 9.17) is 4.74 Å². The van der Waals surface area contributed by atoms with Gasteiger partial charge in [-0.05, 0) is 34.0 Å². The Balaban J connectivity index is 1.68. The average molecular weight is 269 g/mol. The summed E-state index contributed by atoms with van der Waals surface area (Å²) >= 11 is 3.35. The molecule has 0 spiro atoms. The number of fused-ring (bicyclic) bond motifs is 2. The van der Waals surface area contributed by atoms with E-state index in [-0.39, 0.29) is 0 Å². The van der Waals surface area contributed by atoms with Crippen molar-refractivity contribution in [1.82, 2.24) is 9.88 Å². The van der Waals surface area contributed by atoms with E-state index in [9.17, 15) is 0 Å². The Kier molecular flexibility index (Phi) is 2.50. The fraction of sp³-hybridized carbons (Fsp3) is 0.545. The number of likely N-dealkylation sites (tertiary alicyclic amines) is 1. The summed E-state index contributed by atoms with van der Waals surface area (Å²) in [5, 5.41) is 0. The van der Waals surface area contributed by atoms with Crippen LogP contribution in [0.2, 0.25) is 0 Å². The van der Waals surface area contributed by atoms with Gasteiger partial charge in [-0.1, -0.05) is 6.07 Å². The fourth-order valence-electron chi connectivity index (χ4n) is 2.41. The molecule has 0 aromatic carbocycles. The zero-order valence-electron chi connectivity index (χ0n) is 8.40. The van der Waals surface area contributed by atoms with Gasteiger partial charge in [-0.25, -0.2) is 4.98 Å². The lowest BCUT2D eigenvalue weighted by Crippen LogP contribution is -2.36. The van der Waals surface area contributed by atoms with Crippen LogP contribution in [0.1, 0.15) is 12.0 Å². The van der Waals surface area contributed by atoms with Gasteiger partial charge in [0.2, 0.25) is 0 Å². The van der Waals surface area contributed by atoms with Gasteiger partial charge in [0.25, 0.3) is 0 Å². The third-order valence-corrected chi connectivity index (χ3v) is 3.66. The number of hydrogen-bond acceptors (Lipinski definition) is 3. The zero-order valence-corrected chi connectivity index (χ0v) is 9.98. The monoisotopic (exact) mass is 268 g/mol. The highest BCUT2D eigenvalue weighted by molar-refractivity contribution is 9.10. The lowest BCUT2D eigenvalue weighted by molar-refractivity contribution is 0.0273. The van der Waals surface area contributed by atoms with Gasteiger partial charge < -0.3 is 4.74 Å². The molecule has 15 heavy (non-hydrogen) atoms. The Labute approximate surface area is 97.6 Å². The molecule has 2 bridgehead atoms. The third-order valence-electron chi connectivity index (χ3n) is 3.19. The van der Waals surface area contributed by atoms with Crippen LogP contribution in [-0.4, -0.2) is 35.2 Å². The topological polar surface area (TPSA) is 25.4 Å². The second kappa shape index (κ2) is 3.85. The van der Waals surface area contributed by atoms with E-state index < -0.39 is 0 Å². The molecule has 0 saturated carbocycles. The summed E-state index contributed by atoms with van der Waals surface area (Å²) in [6, 6.07) is 4.77. The molecule has 1 aromatic heterocycles. The van der Waals surface area contributed by atoms with Crippen molar-refractivity contribution in [1.29, 1.82) is 0 Å². The molecule has 3 nitrogen and oxygen atoms in total. The molecule has 0 radical (unpaired) electrons. The first-order chi connectivity index (χ1) is 7.31. The number of rotatable bonds is 2. The van der Waals surface area contributed by atoms with Crippen molar-refractivity contribution in [3.63, 3.8) is 0 Å². The molecule has 2 atom stereocenters. The second-order valence-electron chi connectivity index (χ2n) is 4.26. The van der Waals surface area contributed by atoms with Gasteiger partial charge in [0.15, 0.2) is 0 Å². The number of nitrogens with zero attached hydrogens (tertiary/aromatic N) is 2. The molecular formula is C11H13BrN2O. The number of pyridine rings is 1. The van der Waals surface area contributed by atoms with Gasteiger partial charge in [-0.15, -0.1) is 0 Å². The molecule has 0 unspecified atom stereocenters. The Morgan fingerprint density at radius 1 is 1.53 bits per heavy atom. The maximum absolute atomic E-state index is 5.57. The van der Waals surface area contributed by atoms with Gasteiger partial charge in [0.1, 0.15) is 4.60 Å². The van der Waals surface area contributed by atoms with Crippen molar-refractivity contribution in [3.8, 4) is 0 Å². The zero-order chi connectivity index (χ0) is 10.3. The summed E-state index contributed by atoms with van der Waals surface area (Å²) < 4.78 is 6.47. The first-order valence-corrected chi connectivity index (χ1v) is 6.06. The van der Waals surface area contributed by atoms with Gasteiger partial charge in [0, 0.05) is 25.3 Å². The molecule has 0 N–H and O–H groups in total. The average Bonchev–Trinajstić information content (AvgIpc) is 2.83. The fourth-order valence-corrected chi connectivity index (χ4v) is 2.64. The summed E-state index contributed by atoms with van der Waals surface area (Å²) in [5.74, 6) is 0. The number of hydrogen-bond donors (Lipinski definition) is 0. The Morgan fingerprint density at radius 2 is 2.47 bits per heavy atom. The van der Waals surface area contributed by atoms with Crippen LogP contribution in [0.4, 0.5) is 0 Å². The quantitative estimate of drug-likeness (QED) is 0.766. The number of ether oxygens (including phenoxy) is 1. The highest BCUT2D eigenvalue weighted by Crippen LogP contribution is 2.28. The van der Waals surface area contributed by atoms with E-state index in [1.807, 2.05) is 12.3 Å². The van der Waals surface area contributed by atoms with Crippen LogP contribution < -0.4 is 0 Å².